The van der Waals surface area contributed by atoms with Crippen LogP contribution in [-0.2, 0) is 11.3 Å². The predicted molar refractivity (Wildman–Crippen MR) is 126 cm³/mol. The lowest BCUT2D eigenvalue weighted by Gasteiger charge is -2.37. The smallest absolute Gasteiger partial charge is 0.410 e. The maximum Gasteiger partial charge on any atom is 0.410 e. The molecule has 160 valence electrons. The van der Waals surface area contributed by atoms with Crippen LogP contribution in [0.3, 0.4) is 0 Å². The number of halogens is 1. The van der Waals surface area contributed by atoms with Gasteiger partial charge in [0.2, 0.25) is 0 Å². The Labute approximate surface area is 189 Å². The number of ether oxygens (including phenoxy) is 1. The number of nitrogens with one attached hydrogen (secondary N) is 2. The van der Waals surface area contributed by atoms with Crippen LogP contribution < -0.4 is 10.6 Å². The Morgan fingerprint density at radius 2 is 2.14 bits per heavy atom. The van der Waals surface area contributed by atoms with Gasteiger partial charge in [0, 0.05) is 30.7 Å². The van der Waals surface area contributed by atoms with E-state index in [1.165, 1.54) is 4.88 Å². The van der Waals surface area contributed by atoms with Crippen molar-refractivity contribution in [1.82, 2.24) is 20.5 Å². The molecule has 1 aliphatic rings. The highest BCUT2D eigenvalue weighted by molar-refractivity contribution is 14.0. The minimum atomic E-state index is -0.477. The molecule has 0 radical (unpaired) electrons. The number of piperidine rings is 1. The van der Waals surface area contributed by atoms with Crippen LogP contribution in [0.1, 0.15) is 56.8 Å². The fraction of sp³-hybridized carbons (Fsp3) is 0.737. The van der Waals surface area contributed by atoms with Crippen molar-refractivity contribution in [2.45, 2.75) is 72.1 Å². The number of likely N-dealkylation sites (tertiary alicyclic amines) is 1. The summed E-state index contributed by atoms with van der Waals surface area (Å²) in [6.07, 6.45) is 4.76. The molecule has 0 aromatic carbocycles. The third-order valence-electron chi connectivity index (χ3n) is 4.15. The molecular formula is C19H34IN5O2S. The number of nitrogens with zero attached hydrogens (tertiary/aromatic N) is 3. The van der Waals surface area contributed by atoms with Crippen LogP contribution in [0.5, 0.6) is 0 Å². The molecule has 0 saturated carbocycles. The van der Waals surface area contributed by atoms with E-state index in [0.717, 1.165) is 43.3 Å². The van der Waals surface area contributed by atoms with E-state index in [1.54, 1.807) is 11.3 Å². The quantitative estimate of drug-likeness (QED) is 0.348. The third kappa shape index (κ3) is 8.50. The van der Waals surface area contributed by atoms with E-state index >= 15 is 0 Å². The average Bonchev–Trinajstić information content (AvgIpc) is 3.01. The fourth-order valence-corrected chi connectivity index (χ4v) is 3.66. The Morgan fingerprint density at radius 3 is 2.75 bits per heavy atom. The van der Waals surface area contributed by atoms with Gasteiger partial charge >= 0.3 is 6.09 Å². The van der Waals surface area contributed by atoms with Gasteiger partial charge in [0.1, 0.15) is 10.6 Å². The van der Waals surface area contributed by atoms with Gasteiger partial charge in [-0.2, -0.15) is 0 Å². The summed E-state index contributed by atoms with van der Waals surface area (Å²) in [6, 6.07) is 0.111. The van der Waals surface area contributed by atoms with Crippen molar-refractivity contribution in [3.05, 3.63) is 16.1 Å². The zero-order valence-corrected chi connectivity index (χ0v) is 20.7. The number of aliphatic imine (C=N–C) groups is 1. The van der Waals surface area contributed by atoms with Crippen molar-refractivity contribution < 1.29 is 9.53 Å². The maximum absolute atomic E-state index is 12.5. The number of carbonyl (C=O) groups excluding carboxylic acids is 1. The van der Waals surface area contributed by atoms with Gasteiger partial charge in [-0.15, -0.1) is 35.3 Å². The lowest BCUT2D eigenvalue weighted by atomic mass is 10.0. The summed E-state index contributed by atoms with van der Waals surface area (Å²) in [6.45, 7) is 12.5. The van der Waals surface area contributed by atoms with Gasteiger partial charge in [-0.25, -0.2) is 14.8 Å². The summed E-state index contributed by atoms with van der Waals surface area (Å²) in [7, 11) is 0. The predicted octanol–water partition coefficient (Wildman–Crippen LogP) is 3.91. The van der Waals surface area contributed by atoms with Crippen LogP contribution in [0.15, 0.2) is 11.2 Å². The van der Waals surface area contributed by atoms with Gasteiger partial charge in [-0.05, 0) is 53.9 Å². The Hall–Kier alpha value is -1.10. The van der Waals surface area contributed by atoms with Gasteiger partial charge < -0.3 is 20.3 Å². The second-order valence-corrected chi connectivity index (χ2v) is 9.08. The molecule has 0 bridgehead atoms. The minimum absolute atomic E-state index is 0. The number of aryl methyl sites for hydroxylation is 1. The first-order valence-corrected chi connectivity index (χ1v) is 10.5. The molecule has 7 nitrogen and oxygen atoms in total. The molecule has 1 aromatic rings. The fourth-order valence-electron chi connectivity index (χ4n) is 2.95. The van der Waals surface area contributed by atoms with Gasteiger partial charge in [0.15, 0.2) is 5.96 Å². The summed E-state index contributed by atoms with van der Waals surface area (Å²) < 4.78 is 5.58. The van der Waals surface area contributed by atoms with Crippen molar-refractivity contribution >= 4 is 47.4 Å². The first-order valence-electron chi connectivity index (χ1n) is 9.71. The number of hydrogen-bond acceptors (Lipinski definition) is 5. The number of thiazole rings is 1. The molecule has 1 unspecified atom stereocenters. The van der Waals surface area contributed by atoms with E-state index in [4.69, 9.17) is 4.74 Å². The Balaban J connectivity index is 0.00000392. The summed E-state index contributed by atoms with van der Waals surface area (Å²) >= 11 is 1.66. The lowest BCUT2D eigenvalue weighted by Crippen LogP contribution is -2.52. The zero-order valence-electron chi connectivity index (χ0n) is 17.6. The first kappa shape index (κ1) is 24.9. The van der Waals surface area contributed by atoms with Crippen molar-refractivity contribution in [2.24, 2.45) is 4.99 Å². The second kappa shape index (κ2) is 11.8. The molecule has 1 aliphatic heterocycles. The maximum atomic E-state index is 12.5. The van der Waals surface area contributed by atoms with Crippen LogP contribution in [0.4, 0.5) is 4.79 Å². The number of carbonyl (C=O) groups is 1. The summed E-state index contributed by atoms with van der Waals surface area (Å²) in [4.78, 5) is 24.5. The molecule has 0 spiro atoms. The highest BCUT2D eigenvalue weighted by Crippen LogP contribution is 2.20. The normalized spacial score (nSPS) is 17.7. The molecular weight excluding hydrogens is 489 g/mol. The molecule has 1 atom stereocenters. The number of aromatic nitrogens is 1. The lowest BCUT2D eigenvalue weighted by molar-refractivity contribution is 0.0104. The molecule has 1 aromatic heterocycles. The highest BCUT2D eigenvalue weighted by Gasteiger charge is 2.30. The molecule has 0 aliphatic carbocycles. The molecule has 2 N–H and O–H groups in total. The number of rotatable bonds is 5. The molecule has 1 amide bonds. The van der Waals surface area contributed by atoms with Gasteiger partial charge in [0.25, 0.3) is 0 Å². The van der Waals surface area contributed by atoms with E-state index in [1.807, 2.05) is 45.7 Å². The van der Waals surface area contributed by atoms with Crippen LogP contribution in [0, 0.1) is 6.92 Å². The van der Waals surface area contributed by atoms with Crippen LogP contribution >= 0.6 is 35.3 Å². The van der Waals surface area contributed by atoms with Gasteiger partial charge in [-0.1, -0.05) is 0 Å². The van der Waals surface area contributed by atoms with Crippen molar-refractivity contribution in [3.8, 4) is 0 Å². The standard InChI is InChI=1S/C19H33N5O2S.HI/c1-6-20-17(23-13-16-21-11-14(2)27-16)22-12-15-9-7-8-10-24(15)18(25)26-19(3,4)5;/h11,15H,6-10,12-13H2,1-5H3,(H2,20,22,23);1H. The van der Waals surface area contributed by atoms with E-state index in [0.29, 0.717) is 13.1 Å². The molecule has 1 fully saturated rings. The molecule has 2 rings (SSSR count). The first-order chi connectivity index (χ1) is 12.8. The topological polar surface area (TPSA) is 78.9 Å². The van der Waals surface area contributed by atoms with E-state index in [2.05, 4.69) is 20.6 Å². The van der Waals surface area contributed by atoms with Crippen LogP contribution in [0.25, 0.3) is 0 Å². The number of hydrogen-bond donors (Lipinski definition) is 2. The highest BCUT2D eigenvalue weighted by atomic mass is 127. The van der Waals surface area contributed by atoms with Crippen molar-refractivity contribution in [3.63, 3.8) is 0 Å². The van der Waals surface area contributed by atoms with Crippen molar-refractivity contribution in [2.75, 3.05) is 19.6 Å². The molecule has 9 heteroatoms. The monoisotopic (exact) mass is 523 g/mol. The minimum Gasteiger partial charge on any atom is -0.444 e. The Morgan fingerprint density at radius 1 is 1.39 bits per heavy atom. The van der Waals surface area contributed by atoms with Crippen LogP contribution in [-0.4, -0.2) is 53.2 Å². The number of guanidine groups is 1. The SMILES string of the molecule is CCNC(=NCc1ncc(C)s1)NCC1CCCCN1C(=O)OC(C)(C)C.I. The summed E-state index contributed by atoms with van der Waals surface area (Å²) in [5.74, 6) is 0.750. The van der Waals surface area contributed by atoms with Gasteiger partial charge in [-0.3, -0.25) is 0 Å². The van der Waals surface area contributed by atoms with E-state index in [9.17, 15) is 4.79 Å². The molecule has 1 saturated heterocycles. The number of amides is 1. The van der Waals surface area contributed by atoms with Crippen molar-refractivity contribution in [1.29, 1.82) is 0 Å². The Kier molecular flexibility index (Phi) is 10.5. The molecule has 2 heterocycles. The van der Waals surface area contributed by atoms with E-state index in [-0.39, 0.29) is 36.1 Å². The van der Waals surface area contributed by atoms with E-state index < -0.39 is 5.60 Å². The van der Waals surface area contributed by atoms with Crippen LogP contribution in [0.2, 0.25) is 0 Å². The van der Waals surface area contributed by atoms with Gasteiger partial charge in [0.05, 0.1) is 12.6 Å². The summed E-state index contributed by atoms with van der Waals surface area (Å²) in [5.41, 5.74) is -0.477. The molecule has 28 heavy (non-hydrogen) atoms. The average molecular weight is 523 g/mol. The Bertz CT molecular complexity index is 645. The summed E-state index contributed by atoms with van der Waals surface area (Å²) in [5, 5.41) is 7.64. The zero-order chi connectivity index (χ0) is 19.9. The second-order valence-electron chi connectivity index (χ2n) is 7.76. The third-order valence-corrected chi connectivity index (χ3v) is 5.04. The largest absolute Gasteiger partial charge is 0.444 e.